The van der Waals surface area contributed by atoms with Crippen LogP contribution in [0.5, 0.6) is 5.88 Å². The zero-order valence-electron chi connectivity index (χ0n) is 20.1. The standard InChI is InChI=1S/C24H36N4O5/c1-5-6-19-11-20-23(25-12-19)33-21(17(2)13-28(24(20)31)18(3)16-29)14-26(4)22(30)15-27-7-9-32-10-8-27/h5-6,11-12,17-18,21,29H,7-10,13-16H2,1-4H3/b6-5+/t17-,18+,21+/m1/s1. The first-order valence-electron chi connectivity index (χ1n) is 11.6. The van der Waals surface area contributed by atoms with E-state index in [9.17, 15) is 14.7 Å². The largest absolute Gasteiger partial charge is 0.472 e. The number of amides is 2. The van der Waals surface area contributed by atoms with E-state index in [-0.39, 0.29) is 42.4 Å². The highest BCUT2D eigenvalue weighted by atomic mass is 16.5. The smallest absolute Gasteiger partial charge is 0.259 e. The van der Waals surface area contributed by atoms with Gasteiger partial charge in [0.2, 0.25) is 11.8 Å². The summed E-state index contributed by atoms with van der Waals surface area (Å²) in [6.07, 6.45) is 5.06. The normalized spacial score (nSPS) is 22.9. The van der Waals surface area contributed by atoms with E-state index >= 15 is 0 Å². The number of nitrogens with zero attached hydrogens (tertiary/aromatic N) is 4. The monoisotopic (exact) mass is 460 g/mol. The molecule has 0 unspecified atom stereocenters. The van der Waals surface area contributed by atoms with Crippen molar-refractivity contribution in [1.82, 2.24) is 19.7 Å². The van der Waals surface area contributed by atoms with Crippen LogP contribution in [0.2, 0.25) is 0 Å². The van der Waals surface area contributed by atoms with Gasteiger partial charge in [0.25, 0.3) is 5.91 Å². The number of pyridine rings is 1. The van der Waals surface area contributed by atoms with E-state index < -0.39 is 0 Å². The molecule has 3 heterocycles. The average molecular weight is 461 g/mol. The molecule has 9 heteroatoms. The molecule has 3 atom stereocenters. The van der Waals surface area contributed by atoms with Crippen molar-refractivity contribution < 1.29 is 24.2 Å². The van der Waals surface area contributed by atoms with Crippen molar-refractivity contribution in [3.63, 3.8) is 0 Å². The zero-order valence-corrected chi connectivity index (χ0v) is 20.1. The Morgan fingerprint density at radius 2 is 2.12 bits per heavy atom. The quantitative estimate of drug-likeness (QED) is 0.652. The summed E-state index contributed by atoms with van der Waals surface area (Å²) in [5.74, 6) is -0.0174. The number of hydrogen-bond acceptors (Lipinski definition) is 7. The van der Waals surface area contributed by atoms with Gasteiger partial charge in [-0.3, -0.25) is 14.5 Å². The Morgan fingerprint density at radius 1 is 1.39 bits per heavy atom. The van der Waals surface area contributed by atoms with Crippen LogP contribution in [0.4, 0.5) is 0 Å². The van der Waals surface area contributed by atoms with Crippen molar-refractivity contribution in [3.8, 4) is 5.88 Å². The van der Waals surface area contributed by atoms with Crippen LogP contribution >= 0.6 is 0 Å². The lowest BCUT2D eigenvalue weighted by atomic mass is 10.00. The molecule has 1 saturated heterocycles. The second kappa shape index (κ2) is 11.6. The third-order valence-electron chi connectivity index (χ3n) is 6.24. The number of hydrogen-bond donors (Lipinski definition) is 1. The molecule has 1 aromatic rings. The van der Waals surface area contributed by atoms with Gasteiger partial charge in [0, 0.05) is 38.8 Å². The zero-order chi connectivity index (χ0) is 24.0. The van der Waals surface area contributed by atoms with E-state index in [2.05, 4.69) is 9.88 Å². The molecule has 2 amide bonds. The number of fused-ring (bicyclic) bond motifs is 1. The molecule has 182 valence electrons. The number of allylic oxidation sites excluding steroid dienone is 1. The molecule has 0 aromatic carbocycles. The number of aliphatic hydroxyl groups is 1. The number of ether oxygens (including phenoxy) is 2. The Labute approximate surface area is 196 Å². The van der Waals surface area contributed by atoms with Gasteiger partial charge in [-0.05, 0) is 25.5 Å². The van der Waals surface area contributed by atoms with Crippen LogP contribution < -0.4 is 4.74 Å². The van der Waals surface area contributed by atoms with E-state index in [0.717, 1.165) is 18.7 Å². The third kappa shape index (κ3) is 6.31. The first kappa shape index (κ1) is 25.1. The maximum absolute atomic E-state index is 13.3. The number of aliphatic hydroxyl groups excluding tert-OH is 1. The average Bonchev–Trinajstić information content (AvgIpc) is 2.82. The molecule has 3 rings (SSSR count). The molecule has 2 aliphatic rings. The fraction of sp³-hybridized carbons (Fsp3) is 0.625. The van der Waals surface area contributed by atoms with Gasteiger partial charge in [-0.1, -0.05) is 19.1 Å². The molecule has 1 aromatic heterocycles. The van der Waals surface area contributed by atoms with Gasteiger partial charge in [-0.2, -0.15) is 0 Å². The lowest BCUT2D eigenvalue weighted by Gasteiger charge is -2.38. The molecule has 1 N–H and O–H groups in total. The molecule has 0 spiro atoms. The van der Waals surface area contributed by atoms with Crippen LogP contribution in [0, 0.1) is 5.92 Å². The van der Waals surface area contributed by atoms with Gasteiger partial charge in [0.15, 0.2) is 0 Å². The van der Waals surface area contributed by atoms with E-state index in [4.69, 9.17) is 9.47 Å². The fourth-order valence-corrected chi connectivity index (χ4v) is 4.06. The molecule has 0 saturated carbocycles. The third-order valence-corrected chi connectivity index (χ3v) is 6.24. The van der Waals surface area contributed by atoms with Crippen LogP contribution in [0.15, 0.2) is 18.3 Å². The SMILES string of the molecule is C/C=C/c1cnc2c(c1)C(=O)N([C@@H](C)CO)C[C@@H](C)[C@H](CN(C)C(=O)CN1CCOCC1)O2. The minimum absolute atomic E-state index is 0.0167. The summed E-state index contributed by atoms with van der Waals surface area (Å²) >= 11 is 0. The van der Waals surface area contributed by atoms with Crippen molar-refractivity contribution in [3.05, 3.63) is 29.5 Å². The van der Waals surface area contributed by atoms with Gasteiger partial charge in [0.1, 0.15) is 11.7 Å². The molecule has 0 bridgehead atoms. The van der Waals surface area contributed by atoms with Crippen LogP contribution in [0.1, 0.15) is 36.7 Å². The van der Waals surface area contributed by atoms with Crippen molar-refractivity contribution in [2.45, 2.75) is 32.9 Å². The molecule has 2 aliphatic heterocycles. The molecule has 9 nitrogen and oxygen atoms in total. The summed E-state index contributed by atoms with van der Waals surface area (Å²) in [6.45, 7) is 9.48. The first-order valence-corrected chi connectivity index (χ1v) is 11.6. The van der Waals surface area contributed by atoms with Crippen LogP contribution in [-0.4, -0.2) is 108 Å². The van der Waals surface area contributed by atoms with Crippen LogP contribution in [0.25, 0.3) is 6.08 Å². The Hall–Kier alpha value is -2.49. The lowest BCUT2D eigenvalue weighted by molar-refractivity contribution is -0.133. The highest BCUT2D eigenvalue weighted by Crippen LogP contribution is 2.27. The summed E-state index contributed by atoms with van der Waals surface area (Å²) < 4.78 is 11.6. The molecule has 1 fully saturated rings. The maximum Gasteiger partial charge on any atom is 0.259 e. The predicted molar refractivity (Wildman–Crippen MR) is 125 cm³/mol. The number of likely N-dealkylation sites (N-methyl/N-ethyl adjacent to an activating group) is 1. The summed E-state index contributed by atoms with van der Waals surface area (Å²) in [6, 6.07) is 1.42. The van der Waals surface area contributed by atoms with Gasteiger partial charge in [-0.15, -0.1) is 0 Å². The van der Waals surface area contributed by atoms with Crippen molar-refractivity contribution in [1.29, 1.82) is 0 Å². The Balaban J connectivity index is 1.82. The molecule has 0 radical (unpaired) electrons. The van der Waals surface area contributed by atoms with E-state index in [1.165, 1.54) is 0 Å². The summed E-state index contributed by atoms with van der Waals surface area (Å²) in [5, 5.41) is 9.76. The summed E-state index contributed by atoms with van der Waals surface area (Å²) in [5.41, 5.74) is 1.16. The summed E-state index contributed by atoms with van der Waals surface area (Å²) in [4.78, 5) is 36.1. The van der Waals surface area contributed by atoms with E-state index in [1.54, 1.807) is 29.1 Å². The van der Waals surface area contributed by atoms with Gasteiger partial charge < -0.3 is 24.4 Å². The Bertz CT molecular complexity index is 855. The van der Waals surface area contributed by atoms with Crippen molar-refractivity contribution in [2.24, 2.45) is 5.92 Å². The number of carbonyl (C=O) groups excluding carboxylic acids is 2. The fourth-order valence-electron chi connectivity index (χ4n) is 4.06. The van der Waals surface area contributed by atoms with Gasteiger partial charge >= 0.3 is 0 Å². The minimum atomic E-state index is -0.357. The van der Waals surface area contributed by atoms with Gasteiger partial charge in [0.05, 0.1) is 39.0 Å². The molecule has 0 aliphatic carbocycles. The van der Waals surface area contributed by atoms with Crippen LogP contribution in [-0.2, 0) is 9.53 Å². The minimum Gasteiger partial charge on any atom is -0.472 e. The highest BCUT2D eigenvalue weighted by molar-refractivity contribution is 5.97. The van der Waals surface area contributed by atoms with E-state index in [1.807, 2.05) is 32.9 Å². The lowest BCUT2D eigenvalue weighted by Crippen LogP contribution is -2.51. The number of carbonyl (C=O) groups is 2. The highest BCUT2D eigenvalue weighted by Gasteiger charge is 2.34. The number of morpholine rings is 1. The molecule has 33 heavy (non-hydrogen) atoms. The Kier molecular flexibility index (Phi) is 8.82. The topological polar surface area (TPSA) is 95.4 Å². The maximum atomic E-state index is 13.3. The molecular weight excluding hydrogens is 424 g/mol. The number of rotatable bonds is 7. The van der Waals surface area contributed by atoms with Crippen LogP contribution in [0.3, 0.4) is 0 Å². The van der Waals surface area contributed by atoms with Gasteiger partial charge in [-0.25, -0.2) is 4.98 Å². The van der Waals surface area contributed by atoms with E-state index in [0.29, 0.717) is 38.4 Å². The first-order chi connectivity index (χ1) is 15.8. The summed E-state index contributed by atoms with van der Waals surface area (Å²) in [7, 11) is 1.78. The van der Waals surface area contributed by atoms with Crippen molar-refractivity contribution in [2.75, 3.05) is 59.6 Å². The Morgan fingerprint density at radius 3 is 2.79 bits per heavy atom. The number of aromatic nitrogens is 1. The second-order valence-corrected chi connectivity index (χ2v) is 8.91. The predicted octanol–water partition coefficient (Wildman–Crippen LogP) is 1.13. The molecular formula is C24H36N4O5. The van der Waals surface area contributed by atoms with Crippen molar-refractivity contribution >= 4 is 17.9 Å². The second-order valence-electron chi connectivity index (χ2n) is 8.91.